The van der Waals surface area contributed by atoms with Crippen molar-refractivity contribution in [2.75, 3.05) is 0 Å². The Kier molecular flexibility index (Phi) is 9.59. The number of phenols is 1. The van der Waals surface area contributed by atoms with E-state index in [1.54, 1.807) is 6.07 Å². The van der Waals surface area contributed by atoms with Crippen LogP contribution in [0.4, 0.5) is 0 Å². The zero-order chi connectivity index (χ0) is 36.5. The molecule has 0 aliphatic carbocycles. The van der Waals surface area contributed by atoms with Crippen LogP contribution in [0.5, 0.6) is 5.75 Å². The van der Waals surface area contributed by atoms with Crippen molar-refractivity contribution in [3.05, 3.63) is 120 Å². The van der Waals surface area contributed by atoms with E-state index in [2.05, 4.69) is 145 Å². The standard InChI is InChI=1S/C46H47N4O.Pt/c1-44(2,3)32-14-15-40(51)37(27-32)43-49-42-34(12-11-13-39(42)50(43)10)30-22-31(24-33(23-30)45(4,5)6)35-25-29(28-16-19-47-20-17-28)26-36-38(46(7,8)9)18-21-48-41(35)36;/h11-21,23-27,51H,1-10H3;/q-1;. The van der Waals surface area contributed by atoms with Gasteiger partial charge in [0.2, 0.25) is 0 Å². The topological polar surface area (TPSA) is 63.8 Å². The van der Waals surface area contributed by atoms with Gasteiger partial charge >= 0.3 is 0 Å². The van der Waals surface area contributed by atoms with Gasteiger partial charge in [0.05, 0.1) is 16.6 Å². The third kappa shape index (κ3) is 6.84. The Labute approximate surface area is 322 Å². The predicted molar refractivity (Wildman–Crippen MR) is 212 cm³/mol. The van der Waals surface area contributed by atoms with Gasteiger partial charge in [0.15, 0.2) is 0 Å². The zero-order valence-electron chi connectivity index (χ0n) is 31.8. The summed E-state index contributed by atoms with van der Waals surface area (Å²) in [5.41, 5.74) is 13.0. The van der Waals surface area contributed by atoms with Crippen LogP contribution >= 0.6 is 0 Å². The molecule has 6 heteroatoms. The normalized spacial score (nSPS) is 12.3. The minimum atomic E-state index is -0.135. The minimum Gasteiger partial charge on any atom is -0.507 e. The maximum Gasteiger partial charge on any atom is 0.143 e. The summed E-state index contributed by atoms with van der Waals surface area (Å²) in [6.07, 6.45) is 5.63. The number of rotatable bonds is 4. The number of hydrogen-bond acceptors (Lipinski definition) is 4. The van der Waals surface area contributed by atoms with Crippen molar-refractivity contribution in [3.8, 4) is 50.5 Å². The smallest absolute Gasteiger partial charge is 0.143 e. The number of fused-ring (bicyclic) bond motifs is 2. The fraction of sp³-hybridized carbons (Fsp3) is 0.283. The summed E-state index contributed by atoms with van der Waals surface area (Å²) in [7, 11) is 2.02. The SMILES string of the molecule is Cn1c(-c2cc(C(C)(C)C)ccc2O)nc2c(-c3[c-]c(-c4cc(-c5ccncc5)cc5c(C(C)(C)C)ccnc45)cc(C(C)(C)C)c3)cccc21.[Pt]. The predicted octanol–water partition coefficient (Wildman–Crippen LogP) is 11.6. The molecule has 0 unspecified atom stereocenters. The zero-order valence-corrected chi connectivity index (χ0v) is 34.1. The summed E-state index contributed by atoms with van der Waals surface area (Å²) in [6, 6.07) is 31.4. The molecule has 0 atom stereocenters. The summed E-state index contributed by atoms with van der Waals surface area (Å²) in [4.78, 5) is 14.6. The van der Waals surface area contributed by atoms with E-state index in [-0.39, 0.29) is 43.1 Å². The van der Waals surface area contributed by atoms with Crippen molar-refractivity contribution < 1.29 is 26.2 Å². The van der Waals surface area contributed by atoms with Crippen LogP contribution in [-0.4, -0.2) is 24.6 Å². The van der Waals surface area contributed by atoms with Gasteiger partial charge in [-0.15, -0.1) is 34.9 Å². The maximum absolute atomic E-state index is 11.1. The molecular weight excluding hydrogens is 820 g/mol. The van der Waals surface area contributed by atoms with Crippen molar-refractivity contribution >= 4 is 21.9 Å². The number of pyridine rings is 2. The number of para-hydroxylation sites is 1. The minimum absolute atomic E-state index is 0. The number of phenolic OH excluding ortho intramolecular Hbond substituents is 1. The first-order valence-corrected chi connectivity index (χ1v) is 17.7. The van der Waals surface area contributed by atoms with Gasteiger partial charge in [-0.1, -0.05) is 97.7 Å². The molecule has 0 saturated heterocycles. The average molecular weight is 867 g/mol. The molecule has 0 aliphatic heterocycles. The van der Waals surface area contributed by atoms with Crippen molar-refractivity contribution in [1.29, 1.82) is 0 Å². The summed E-state index contributed by atoms with van der Waals surface area (Å²) < 4.78 is 2.08. The molecule has 7 aromatic rings. The first-order chi connectivity index (χ1) is 24.0. The van der Waals surface area contributed by atoms with Gasteiger partial charge < -0.3 is 9.67 Å². The van der Waals surface area contributed by atoms with Gasteiger partial charge in [-0.25, -0.2) is 4.98 Å². The molecule has 0 aliphatic rings. The fourth-order valence-corrected chi connectivity index (χ4v) is 6.97. The summed E-state index contributed by atoms with van der Waals surface area (Å²) in [5, 5.41) is 12.2. The molecule has 268 valence electrons. The Morgan fingerprint density at radius 3 is 1.94 bits per heavy atom. The third-order valence-corrected chi connectivity index (χ3v) is 10.00. The summed E-state index contributed by atoms with van der Waals surface area (Å²) >= 11 is 0. The quantitative estimate of drug-likeness (QED) is 0.179. The second-order valence-corrected chi connectivity index (χ2v) is 16.9. The maximum atomic E-state index is 11.1. The number of imidazole rings is 1. The van der Waals surface area contributed by atoms with E-state index in [0.29, 0.717) is 0 Å². The van der Waals surface area contributed by atoms with Crippen molar-refractivity contribution in [3.63, 3.8) is 0 Å². The van der Waals surface area contributed by atoms with E-state index in [4.69, 9.17) is 9.97 Å². The molecule has 0 radical (unpaired) electrons. The number of aryl methyl sites for hydroxylation is 1. The summed E-state index contributed by atoms with van der Waals surface area (Å²) in [6.45, 7) is 20.1. The number of nitrogens with zero attached hydrogens (tertiary/aromatic N) is 4. The van der Waals surface area contributed by atoms with Crippen LogP contribution in [0.1, 0.15) is 79.0 Å². The summed E-state index contributed by atoms with van der Waals surface area (Å²) in [5.74, 6) is 0.942. The third-order valence-electron chi connectivity index (χ3n) is 10.00. The van der Waals surface area contributed by atoms with E-state index < -0.39 is 0 Å². The molecule has 3 heterocycles. The van der Waals surface area contributed by atoms with Crippen molar-refractivity contribution in [2.24, 2.45) is 7.05 Å². The van der Waals surface area contributed by atoms with Crippen molar-refractivity contribution in [1.82, 2.24) is 19.5 Å². The molecule has 52 heavy (non-hydrogen) atoms. The molecule has 0 amide bonds. The number of aromatic hydroxyl groups is 1. The van der Waals surface area contributed by atoms with Crippen LogP contribution in [0.25, 0.3) is 66.7 Å². The van der Waals surface area contributed by atoms with E-state index >= 15 is 0 Å². The van der Waals surface area contributed by atoms with Crippen LogP contribution in [0.2, 0.25) is 0 Å². The second kappa shape index (κ2) is 13.4. The Morgan fingerprint density at radius 1 is 0.615 bits per heavy atom. The number of aromatic nitrogens is 4. The average Bonchev–Trinajstić information content (AvgIpc) is 3.42. The Morgan fingerprint density at radius 2 is 1.29 bits per heavy atom. The second-order valence-electron chi connectivity index (χ2n) is 16.9. The van der Waals surface area contributed by atoms with Crippen LogP contribution < -0.4 is 0 Å². The Bertz CT molecular complexity index is 2440. The number of hydrogen-bond donors (Lipinski definition) is 1. The molecule has 0 saturated carbocycles. The monoisotopic (exact) mass is 866 g/mol. The van der Waals surface area contributed by atoms with Gasteiger partial charge in [-0.05, 0) is 86.3 Å². The Balaban J connectivity index is 0.00000464. The molecule has 1 N–H and O–H groups in total. The largest absolute Gasteiger partial charge is 0.507 e. The fourth-order valence-electron chi connectivity index (χ4n) is 6.97. The number of benzene rings is 4. The van der Waals surface area contributed by atoms with E-state index in [1.165, 1.54) is 11.1 Å². The first-order valence-electron chi connectivity index (χ1n) is 17.7. The molecule has 3 aromatic heterocycles. The first kappa shape index (κ1) is 37.2. The van der Waals surface area contributed by atoms with Gasteiger partial charge in [0.25, 0.3) is 0 Å². The molecule has 5 nitrogen and oxygen atoms in total. The van der Waals surface area contributed by atoms with E-state index in [9.17, 15) is 5.11 Å². The van der Waals surface area contributed by atoms with E-state index in [0.717, 1.165) is 72.3 Å². The molecular formula is C46H47N4OPt-. The van der Waals surface area contributed by atoms with Gasteiger partial charge in [-0.2, -0.15) is 0 Å². The van der Waals surface area contributed by atoms with Crippen LogP contribution in [-0.2, 0) is 44.4 Å². The van der Waals surface area contributed by atoms with Crippen LogP contribution in [0, 0.1) is 6.07 Å². The molecule has 4 aromatic carbocycles. The van der Waals surface area contributed by atoms with Crippen molar-refractivity contribution in [2.45, 2.75) is 78.6 Å². The molecule has 0 bridgehead atoms. The van der Waals surface area contributed by atoms with E-state index in [1.807, 2.05) is 31.7 Å². The molecule has 0 spiro atoms. The van der Waals surface area contributed by atoms with Crippen LogP contribution in [0.15, 0.2) is 97.5 Å². The molecule has 0 fully saturated rings. The van der Waals surface area contributed by atoms with Crippen LogP contribution in [0.3, 0.4) is 0 Å². The van der Waals surface area contributed by atoms with Gasteiger partial charge in [0, 0.05) is 52.2 Å². The Hall–Kier alpha value is -4.60. The molecule has 7 rings (SSSR count). The van der Waals surface area contributed by atoms with Gasteiger partial charge in [-0.3, -0.25) is 9.97 Å². The van der Waals surface area contributed by atoms with Gasteiger partial charge in [0.1, 0.15) is 11.6 Å².